The summed E-state index contributed by atoms with van der Waals surface area (Å²) in [6.07, 6.45) is 1.48. The van der Waals surface area contributed by atoms with Gasteiger partial charge in [0.15, 0.2) is 0 Å². The number of benzene rings is 1. The molecule has 0 aromatic heterocycles. The fourth-order valence-electron chi connectivity index (χ4n) is 2.08. The minimum absolute atomic E-state index is 0.0642. The van der Waals surface area contributed by atoms with Crippen molar-refractivity contribution in [3.63, 3.8) is 0 Å². The molecule has 0 bridgehead atoms. The summed E-state index contributed by atoms with van der Waals surface area (Å²) in [5.41, 5.74) is 3.42. The second-order valence-electron chi connectivity index (χ2n) is 5.60. The molecule has 1 aromatic rings. The van der Waals surface area contributed by atoms with Crippen LogP contribution >= 0.6 is 0 Å². The number of hydrogen-bond donors (Lipinski definition) is 3. The summed E-state index contributed by atoms with van der Waals surface area (Å²) in [4.78, 5) is 13.8. The van der Waals surface area contributed by atoms with Crippen molar-refractivity contribution in [1.82, 2.24) is 10.6 Å². The van der Waals surface area contributed by atoms with Crippen molar-refractivity contribution in [2.24, 2.45) is 0 Å². The highest BCUT2D eigenvalue weighted by Crippen LogP contribution is 2.17. The lowest BCUT2D eigenvalue weighted by molar-refractivity contribution is 0.234. The molecule has 0 aliphatic heterocycles. The van der Waals surface area contributed by atoms with Gasteiger partial charge in [0, 0.05) is 39.0 Å². The number of hydrogen-bond acceptors (Lipinski definition) is 3. The Morgan fingerprint density at radius 1 is 1.38 bits per heavy atom. The van der Waals surface area contributed by atoms with E-state index in [2.05, 4.69) is 21.6 Å². The molecule has 0 radical (unpaired) electrons. The first-order chi connectivity index (χ1) is 9.93. The third kappa shape index (κ3) is 6.04. The monoisotopic (exact) mass is 293 g/mol. The molecular formula is C16H27N3O2. The van der Waals surface area contributed by atoms with Crippen LogP contribution in [0.4, 0.5) is 10.5 Å². The molecule has 0 fully saturated rings. The molecule has 1 unspecified atom stereocenters. The molecule has 118 valence electrons. The minimum atomic E-state index is -0.170. The van der Waals surface area contributed by atoms with Crippen molar-refractivity contribution in [3.05, 3.63) is 29.3 Å². The summed E-state index contributed by atoms with van der Waals surface area (Å²) in [5, 5.41) is 14.5. The number of carbonyl (C=O) groups is 1. The zero-order chi connectivity index (χ0) is 15.8. The van der Waals surface area contributed by atoms with Crippen LogP contribution in [0.1, 0.15) is 30.9 Å². The molecule has 5 nitrogen and oxygen atoms in total. The lowest BCUT2D eigenvalue weighted by Gasteiger charge is -2.17. The molecular weight excluding hydrogens is 266 g/mol. The number of nitrogens with zero attached hydrogens (tertiary/aromatic N) is 1. The van der Waals surface area contributed by atoms with Crippen molar-refractivity contribution >= 4 is 11.7 Å². The smallest absolute Gasteiger partial charge is 0.315 e. The second-order valence-corrected chi connectivity index (χ2v) is 5.60. The van der Waals surface area contributed by atoms with Crippen LogP contribution in [-0.4, -0.2) is 37.9 Å². The van der Waals surface area contributed by atoms with Gasteiger partial charge in [-0.05, 0) is 49.9 Å². The molecule has 3 N–H and O–H groups in total. The number of carbonyl (C=O) groups excluding carboxylic acids is 1. The predicted molar refractivity (Wildman–Crippen MR) is 86.7 cm³/mol. The number of anilines is 1. The van der Waals surface area contributed by atoms with Gasteiger partial charge < -0.3 is 20.6 Å². The summed E-state index contributed by atoms with van der Waals surface area (Å²) < 4.78 is 0. The fourth-order valence-corrected chi connectivity index (χ4v) is 2.08. The van der Waals surface area contributed by atoms with Crippen molar-refractivity contribution in [1.29, 1.82) is 0 Å². The van der Waals surface area contributed by atoms with Gasteiger partial charge in [-0.2, -0.15) is 0 Å². The van der Waals surface area contributed by atoms with Gasteiger partial charge in [-0.15, -0.1) is 0 Å². The Hall–Kier alpha value is -1.75. The van der Waals surface area contributed by atoms with Crippen LogP contribution in [-0.2, 0) is 6.54 Å². The van der Waals surface area contributed by atoms with Crippen molar-refractivity contribution < 1.29 is 9.90 Å². The topological polar surface area (TPSA) is 64.6 Å². The molecule has 0 aliphatic rings. The molecule has 0 spiro atoms. The molecule has 21 heavy (non-hydrogen) atoms. The van der Waals surface area contributed by atoms with Crippen molar-refractivity contribution in [2.75, 3.05) is 25.6 Å². The second kappa shape index (κ2) is 8.52. The van der Waals surface area contributed by atoms with E-state index in [0.717, 1.165) is 23.2 Å². The number of amides is 2. The fraction of sp³-hybridized carbons (Fsp3) is 0.562. The Bertz CT molecular complexity index is 461. The van der Waals surface area contributed by atoms with E-state index < -0.39 is 0 Å². The standard InChI is InChI=1S/C16H27N3O2/c1-12-10-15(19(3)4)8-7-14(12)11-17-16(21)18-13(2)6-5-9-20/h7-8,10,13,20H,5-6,9,11H2,1-4H3,(H2,17,18,21). The van der Waals surface area contributed by atoms with E-state index in [9.17, 15) is 4.79 Å². The molecule has 2 amide bonds. The highest BCUT2D eigenvalue weighted by Gasteiger charge is 2.07. The summed E-state index contributed by atoms with van der Waals surface area (Å²) >= 11 is 0. The number of aliphatic hydroxyl groups is 1. The maximum absolute atomic E-state index is 11.8. The lowest BCUT2D eigenvalue weighted by atomic mass is 10.1. The number of aliphatic hydroxyl groups excluding tert-OH is 1. The maximum Gasteiger partial charge on any atom is 0.315 e. The average Bonchev–Trinajstić information content (AvgIpc) is 2.43. The van der Waals surface area contributed by atoms with E-state index in [1.807, 2.05) is 40.1 Å². The van der Waals surface area contributed by atoms with E-state index >= 15 is 0 Å². The molecule has 0 aliphatic carbocycles. The molecule has 1 atom stereocenters. The molecule has 0 saturated heterocycles. The molecule has 0 saturated carbocycles. The van der Waals surface area contributed by atoms with E-state index in [0.29, 0.717) is 13.0 Å². The van der Waals surface area contributed by atoms with Gasteiger partial charge in [0.05, 0.1) is 0 Å². The van der Waals surface area contributed by atoms with Crippen LogP contribution in [0.3, 0.4) is 0 Å². The number of urea groups is 1. The first kappa shape index (κ1) is 17.3. The normalized spacial score (nSPS) is 11.9. The van der Waals surface area contributed by atoms with Crippen LogP contribution in [0.2, 0.25) is 0 Å². The Morgan fingerprint density at radius 3 is 2.67 bits per heavy atom. The van der Waals surface area contributed by atoms with Crippen LogP contribution < -0.4 is 15.5 Å². The zero-order valence-corrected chi connectivity index (χ0v) is 13.4. The Morgan fingerprint density at radius 2 is 2.10 bits per heavy atom. The number of aryl methyl sites for hydroxylation is 1. The van der Waals surface area contributed by atoms with Crippen LogP contribution in [0.25, 0.3) is 0 Å². The van der Waals surface area contributed by atoms with Gasteiger partial charge in [0.2, 0.25) is 0 Å². The summed E-state index contributed by atoms with van der Waals surface area (Å²) in [5.74, 6) is 0. The largest absolute Gasteiger partial charge is 0.396 e. The van der Waals surface area contributed by atoms with Crippen molar-refractivity contribution in [2.45, 2.75) is 39.3 Å². The average molecular weight is 293 g/mol. The first-order valence-corrected chi connectivity index (χ1v) is 7.36. The minimum Gasteiger partial charge on any atom is -0.396 e. The third-order valence-electron chi connectivity index (χ3n) is 3.45. The van der Waals surface area contributed by atoms with E-state index in [1.165, 1.54) is 0 Å². The van der Waals surface area contributed by atoms with Gasteiger partial charge in [0.1, 0.15) is 0 Å². The molecule has 5 heteroatoms. The first-order valence-electron chi connectivity index (χ1n) is 7.36. The van der Waals surface area contributed by atoms with E-state index in [-0.39, 0.29) is 18.7 Å². The van der Waals surface area contributed by atoms with Gasteiger partial charge in [-0.1, -0.05) is 6.07 Å². The highest BCUT2D eigenvalue weighted by atomic mass is 16.3. The Labute approximate surface area is 127 Å². The third-order valence-corrected chi connectivity index (χ3v) is 3.45. The van der Waals surface area contributed by atoms with Crippen molar-refractivity contribution in [3.8, 4) is 0 Å². The summed E-state index contributed by atoms with van der Waals surface area (Å²) in [7, 11) is 4.02. The highest BCUT2D eigenvalue weighted by molar-refractivity contribution is 5.74. The summed E-state index contributed by atoms with van der Waals surface area (Å²) in [6.45, 7) is 4.65. The lowest BCUT2D eigenvalue weighted by Crippen LogP contribution is -2.40. The number of rotatable bonds is 7. The number of nitrogens with one attached hydrogen (secondary N) is 2. The Balaban J connectivity index is 2.46. The van der Waals surface area contributed by atoms with Crippen LogP contribution in [0.15, 0.2) is 18.2 Å². The van der Waals surface area contributed by atoms with Gasteiger partial charge in [-0.25, -0.2) is 4.79 Å². The van der Waals surface area contributed by atoms with Crippen LogP contribution in [0.5, 0.6) is 0 Å². The van der Waals surface area contributed by atoms with Gasteiger partial charge in [0.25, 0.3) is 0 Å². The van der Waals surface area contributed by atoms with Gasteiger partial charge >= 0.3 is 6.03 Å². The Kier molecular flexibility index (Phi) is 7.02. The van der Waals surface area contributed by atoms with E-state index in [1.54, 1.807) is 0 Å². The quantitative estimate of drug-likeness (QED) is 0.720. The molecule has 0 heterocycles. The SMILES string of the molecule is Cc1cc(N(C)C)ccc1CNC(=O)NC(C)CCCO. The predicted octanol–water partition coefficient (Wildman–Crippen LogP) is 2.02. The molecule has 1 rings (SSSR count). The molecule has 1 aromatic carbocycles. The van der Waals surface area contributed by atoms with Gasteiger partial charge in [-0.3, -0.25) is 0 Å². The van der Waals surface area contributed by atoms with E-state index in [4.69, 9.17) is 5.11 Å². The maximum atomic E-state index is 11.8. The zero-order valence-electron chi connectivity index (χ0n) is 13.4. The summed E-state index contributed by atoms with van der Waals surface area (Å²) in [6, 6.07) is 6.09. The van der Waals surface area contributed by atoms with Crippen LogP contribution in [0, 0.1) is 6.92 Å².